The molecule has 1 aromatic rings. The number of amidine groups is 1. The molecule has 2 saturated carbocycles. The Morgan fingerprint density at radius 2 is 2.05 bits per heavy atom. The van der Waals surface area contributed by atoms with Gasteiger partial charge in [-0.05, 0) is 38.5 Å². The molecule has 0 unspecified atom stereocenters. The SMILES string of the molecule is CC(C)(CCCSc1nnc(C2CC2)n1C1CC1)C(=N)N. The van der Waals surface area contributed by atoms with Crippen molar-refractivity contribution < 1.29 is 0 Å². The Labute approximate surface area is 130 Å². The van der Waals surface area contributed by atoms with Crippen LogP contribution in [0.5, 0.6) is 0 Å². The number of nitrogens with one attached hydrogen (secondary N) is 1. The maximum Gasteiger partial charge on any atom is 0.191 e. The first kappa shape index (κ1) is 14.9. The monoisotopic (exact) mass is 307 g/mol. The summed E-state index contributed by atoms with van der Waals surface area (Å²) in [6.07, 6.45) is 7.12. The quantitative estimate of drug-likeness (QED) is 0.334. The molecule has 0 radical (unpaired) electrons. The predicted octanol–water partition coefficient (Wildman–Crippen LogP) is 3.32. The van der Waals surface area contributed by atoms with Crippen molar-refractivity contribution in [3.05, 3.63) is 5.82 Å². The fourth-order valence-corrected chi connectivity index (χ4v) is 3.45. The highest BCUT2D eigenvalue weighted by Crippen LogP contribution is 2.46. The normalized spacial score (nSPS) is 19.0. The van der Waals surface area contributed by atoms with Gasteiger partial charge in [0.1, 0.15) is 5.82 Å². The van der Waals surface area contributed by atoms with Gasteiger partial charge >= 0.3 is 0 Å². The van der Waals surface area contributed by atoms with Crippen molar-refractivity contribution in [3.8, 4) is 0 Å². The van der Waals surface area contributed by atoms with Gasteiger partial charge in [0.05, 0.1) is 5.84 Å². The van der Waals surface area contributed by atoms with E-state index >= 15 is 0 Å². The third-order valence-corrected chi connectivity index (χ3v) is 5.48. The van der Waals surface area contributed by atoms with Crippen LogP contribution in [-0.2, 0) is 0 Å². The summed E-state index contributed by atoms with van der Waals surface area (Å²) < 4.78 is 2.40. The molecule has 0 atom stereocenters. The smallest absolute Gasteiger partial charge is 0.191 e. The Kier molecular flexibility index (Phi) is 3.99. The minimum atomic E-state index is -0.191. The molecular weight excluding hydrogens is 282 g/mol. The van der Waals surface area contributed by atoms with E-state index in [-0.39, 0.29) is 11.3 Å². The molecule has 1 aromatic heterocycles. The molecule has 2 fully saturated rings. The lowest BCUT2D eigenvalue weighted by Gasteiger charge is -2.22. The van der Waals surface area contributed by atoms with E-state index in [4.69, 9.17) is 11.1 Å². The third kappa shape index (κ3) is 3.42. The number of hydrogen-bond acceptors (Lipinski definition) is 4. The standard InChI is InChI=1S/C15H25N5S/c1-15(2,13(16)17)8-3-9-21-14-19-18-12(10-4-5-10)20(14)11-6-7-11/h10-11H,3-9H2,1-2H3,(H3,16,17). The summed E-state index contributed by atoms with van der Waals surface area (Å²) in [5, 5.41) is 17.5. The van der Waals surface area contributed by atoms with E-state index in [1.165, 1.54) is 31.5 Å². The molecule has 1 heterocycles. The van der Waals surface area contributed by atoms with Crippen LogP contribution in [0.15, 0.2) is 5.16 Å². The average Bonchev–Trinajstić information content (AvgIpc) is 3.33. The van der Waals surface area contributed by atoms with Crippen molar-refractivity contribution in [2.24, 2.45) is 11.1 Å². The van der Waals surface area contributed by atoms with Crippen molar-refractivity contribution in [2.45, 2.75) is 69.5 Å². The summed E-state index contributed by atoms with van der Waals surface area (Å²) in [5.74, 6) is 3.20. The van der Waals surface area contributed by atoms with Crippen LogP contribution in [-0.4, -0.2) is 26.4 Å². The van der Waals surface area contributed by atoms with Gasteiger partial charge in [-0.3, -0.25) is 5.41 Å². The van der Waals surface area contributed by atoms with Gasteiger partial charge in [-0.15, -0.1) is 10.2 Å². The maximum absolute atomic E-state index is 7.60. The Bertz CT molecular complexity index is 528. The lowest BCUT2D eigenvalue weighted by Crippen LogP contribution is -2.30. The summed E-state index contributed by atoms with van der Waals surface area (Å²) >= 11 is 1.81. The molecule has 5 nitrogen and oxygen atoms in total. The second-order valence-electron chi connectivity index (χ2n) is 6.97. The molecule has 0 aromatic carbocycles. The Morgan fingerprint density at radius 3 is 2.62 bits per heavy atom. The van der Waals surface area contributed by atoms with Crippen LogP contribution < -0.4 is 5.73 Å². The summed E-state index contributed by atoms with van der Waals surface area (Å²) in [6, 6.07) is 0.659. The first-order valence-corrected chi connectivity index (χ1v) is 8.89. The fraction of sp³-hybridized carbons (Fsp3) is 0.800. The van der Waals surface area contributed by atoms with Crippen LogP contribution in [0.3, 0.4) is 0 Å². The number of nitrogens with zero attached hydrogens (tertiary/aromatic N) is 3. The van der Waals surface area contributed by atoms with Crippen molar-refractivity contribution in [1.82, 2.24) is 14.8 Å². The van der Waals surface area contributed by atoms with Crippen LogP contribution in [0.2, 0.25) is 0 Å². The second-order valence-corrected chi connectivity index (χ2v) is 8.03. The van der Waals surface area contributed by atoms with Crippen molar-refractivity contribution >= 4 is 17.6 Å². The van der Waals surface area contributed by atoms with E-state index in [0.717, 1.165) is 23.8 Å². The lowest BCUT2D eigenvalue weighted by atomic mass is 9.87. The number of nitrogens with two attached hydrogens (primary N) is 1. The van der Waals surface area contributed by atoms with E-state index in [1.807, 2.05) is 25.6 Å². The molecule has 3 N–H and O–H groups in total. The van der Waals surface area contributed by atoms with Crippen molar-refractivity contribution in [1.29, 1.82) is 5.41 Å². The summed E-state index contributed by atoms with van der Waals surface area (Å²) in [6.45, 7) is 4.08. The molecule has 0 amide bonds. The Hall–Kier alpha value is -1.04. The number of thioether (sulfide) groups is 1. The first-order chi connectivity index (χ1) is 9.99. The van der Waals surface area contributed by atoms with Gasteiger partial charge in [-0.25, -0.2) is 0 Å². The largest absolute Gasteiger partial charge is 0.387 e. The molecule has 2 aliphatic rings. The molecule has 2 aliphatic carbocycles. The van der Waals surface area contributed by atoms with E-state index in [2.05, 4.69) is 14.8 Å². The molecular formula is C15H25N5S. The number of hydrogen-bond donors (Lipinski definition) is 2. The molecule has 0 spiro atoms. The summed E-state index contributed by atoms with van der Waals surface area (Å²) in [4.78, 5) is 0. The maximum atomic E-state index is 7.60. The van der Waals surface area contributed by atoms with E-state index in [0.29, 0.717) is 12.0 Å². The number of rotatable bonds is 8. The minimum Gasteiger partial charge on any atom is -0.387 e. The number of aromatic nitrogens is 3. The lowest BCUT2D eigenvalue weighted by molar-refractivity contribution is 0.464. The van der Waals surface area contributed by atoms with Crippen LogP contribution in [0.1, 0.15) is 70.2 Å². The summed E-state index contributed by atoms with van der Waals surface area (Å²) in [5.41, 5.74) is 5.44. The highest BCUT2D eigenvalue weighted by atomic mass is 32.2. The van der Waals surface area contributed by atoms with Gasteiger partial charge in [0, 0.05) is 23.1 Å². The third-order valence-electron chi connectivity index (χ3n) is 4.45. The van der Waals surface area contributed by atoms with Crippen LogP contribution in [0.4, 0.5) is 0 Å². The Morgan fingerprint density at radius 1 is 1.33 bits per heavy atom. The van der Waals surface area contributed by atoms with E-state index < -0.39 is 0 Å². The second kappa shape index (κ2) is 5.63. The van der Waals surface area contributed by atoms with Gasteiger partial charge < -0.3 is 10.3 Å². The minimum absolute atomic E-state index is 0.191. The fourth-order valence-electron chi connectivity index (χ4n) is 2.49. The highest BCUT2D eigenvalue weighted by Gasteiger charge is 2.36. The molecule has 6 heteroatoms. The zero-order chi connectivity index (χ0) is 15.0. The van der Waals surface area contributed by atoms with E-state index in [9.17, 15) is 0 Å². The highest BCUT2D eigenvalue weighted by molar-refractivity contribution is 7.99. The Balaban J connectivity index is 1.55. The van der Waals surface area contributed by atoms with Crippen LogP contribution in [0, 0.1) is 10.8 Å². The van der Waals surface area contributed by atoms with Gasteiger partial charge in [-0.1, -0.05) is 25.6 Å². The molecule has 116 valence electrons. The topological polar surface area (TPSA) is 80.6 Å². The molecule has 0 aliphatic heterocycles. The van der Waals surface area contributed by atoms with E-state index in [1.54, 1.807) is 0 Å². The van der Waals surface area contributed by atoms with Crippen LogP contribution >= 0.6 is 11.8 Å². The van der Waals surface area contributed by atoms with Crippen molar-refractivity contribution in [3.63, 3.8) is 0 Å². The summed E-state index contributed by atoms with van der Waals surface area (Å²) in [7, 11) is 0. The van der Waals surface area contributed by atoms with Gasteiger partial charge in [-0.2, -0.15) is 0 Å². The average molecular weight is 307 g/mol. The molecule has 0 saturated heterocycles. The van der Waals surface area contributed by atoms with Crippen LogP contribution in [0.25, 0.3) is 0 Å². The molecule has 0 bridgehead atoms. The molecule has 3 rings (SSSR count). The predicted molar refractivity (Wildman–Crippen MR) is 85.9 cm³/mol. The van der Waals surface area contributed by atoms with Gasteiger partial charge in [0.2, 0.25) is 0 Å². The molecule has 21 heavy (non-hydrogen) atoms. The zero-order valence-corrected chi connectivity index (χ0v) is 13.7. The van der Waals surface area contributed by atoms with Crippen molar-refractivity contribution in [2.75, 3.05) is 5.75 Å². The van der Waals surface area contributed by atoms with Gasteiger partial charge in [0.15, 0.2) is 5.16 Å². The zero-order valence-electron chi connectivity index (χ0n) is 12.9. The van der Waals surface area contributed by atoms with Gasteiger partial charge in [0.25, 0.3) is 0 Å². The first-order valence-electron chi connectivity index (χ1n) is 7.91.